The van der Waals surface area contributed by atoms with E-state index in [1.807, 2.05) is 33.2 Å². The molecule has 1 aliphatic heterocycles. The highest BCUT2D eigenvalue weighted by molar-refractivity contribution is 7.07. The van der Waals surface area contributed by atoms with E-state index in [1.165, 1.54) is 10.6 Å². The largest absolute Gasteiger partial charge is 0.338 e. The van der Waals surface area contributed by atoms with Crippen molar-refractivity contribution in [2.24, 2.45) is 11.0 Å². The topological polar surface area (TPSA) is 53.0 Å². The van der Waals surface area contributed by atoms with E-state index in [0.29, 0.717) is 31.0 Å². The summed E-state index contributed by atoms with van der Waals surface area (Å²) < 4.78 is 0. The summed E-state index contributed by atoms with van der Waals surface area (Å²) in [6, 6.07) is 2.18. The number of likely N-dealkylation sites (N-methyl/N-ethyl adjacent to an activating group) is 1. The zero-order valence-electron chi connectivity index (χ0n) is 14.3. The Morgan fingerprint density at radius 3 is 2.74 bits per heavy atom. The van der Waals surface area contributed by atoms with E-state index in [-0.39, 0.29) is 17.9 Å². The van der Waals surface area contributed by atoms with Gasteiger partial charge >= 0.3 is 0 Å². The third-order valence-corrected chi connectivity index (χ3v) is 4.71. The number of amides is 2. The molecule has 0 radical (unpaired) electrons. The Hall–Kier alpha value is -1.69. The monoisotopic (exact) mass is 335 g/mol. The predicted molar refractivity (Wildman–Crippen MR) is 93.5 cm³/mol. The molecular formula is C17H25N3O2S. The maximum atomic E-state index is 12.7. The van der Waals surface area contributed by atoms with Gasteiger partial charge in [0, 0.05) is 32.5 Å². The number of rotatable bonds is 6. The third kappa shape index (κ3) is 4.64. The number of hydrogen-bond acceptors (Lipinski definition) is 4. The lowest BCUT2D eigenvalue weighted by atomic mass is 10.1. The van der Waals surface area contributed by atoms with Gasteiger partial charge in [-0.15, -0.1) is 0 Å². The number of carbonyl (C=O) groups excluding carboxylic acids is 2. The van der Waals surface area contributed by atoms with Crippen LogP contribution in [0.1, 0.15) is 39.2 Å². The molecule has 23 heavy (non-hydrogen) atoms. The first-order chi connectivity index (χ1) is 10.9. The van der Waals surface area contributed by atoms with Crippen LogP contribution in [0.25, 0.3) is 0 Å². The molecule has 0 unspecified atom stereocenters. The van der Waals surface area contributed by atoms with Gasteiger partial charge in [0.05, 0.1) is 0 Å². The first-order valence-corrected chi connectivity index (χ1v) is 8.98. The molecule has 2 heterocycles. The lowest BCUT2D eigenvalue weighted by molar-refractivity contribution is -0.132. The highest BCUT2D eigenvalue weighted by atomic mass is 32.1. The van der Waals surface area contributed by atoms with Crippen LogP contribution in [0.15, 0.2) is 21.9 Å². The molecule has 0 saturated carbocycles. The predicted octanol–water partition coefficient (Wildman–Crippen LogP) is 2.77. The van der Waals surface area contributed by atoms with Gasteiger partial charge in [0.2, 0.25) is 5.91 Å². The quantitative estimate of drug-likeness (QED) is 0.803. The van der Waals surface area contributed by atoms with Crippen molar-refractivity contribution >= 4 is 28.9 Å². The van der Waals surface area contributed by atoms with E-state index in [9.17, 15) is 9.59 Å². The zero-order valence-corrected chi connectivity index (χ0v) is 15.1. The Morgan fingerprint density at radius 1 is 1.39 bits per heavy atom. The minimum atomic E-state index is -0.0750. The first-order valence-electron chi connectivity index (χ1n) is 8.04. The van der Waals surface area contributed by atoms with E-state index in [1.54, 1.807) is 16.2 Å². The summed E-state index contributed by atoms with van der Waals surface area (Å²) in [5, 5.41) is 9.93. The zero-order chi connectivity index (χ0) is 17.0. The van der Waals surface area contributed by atoms with Crippen LogP contribution in [-0.4, -0.2) is 47.1 Å². The average molecular weight is 335 g/mol. The Bertz CT molecular complexity index is 581. The standard InChI is InChI=1S/C17H25N3O2S/c1-12(2)10-20-16(21)6-5-15(18-20)17(22)19(4)13(3)9-14-7-8-23-11-14/h7-8,11-13H,5-6,9-10H2,1-4H3/t13-/m1/s1. The van der Waals surface area contributed by atoms with Gasteiger partial charge in [-0.2, -0.15) is 16.4 Å². The lowest BCUT2D eigenvalue weighted by Gasteiger charge is -2.29. The van der Waals surface area contributed by atoms with Gasteiger partial charge < -0.3 is 4.90 Å². The number of carbonyl (C=O) groups is 2. The lowest BCUT2D eigenvalue weighted by Crippen LogP contribution is -2.44. The van der Waals surface area contributed by atoms with E-state index < -0.39 is 0 Å². The van der Waals surface area contributed by atoms with Gasteiger partial charge in [0.1, 0.15) is 5.71 Å². The molecular weight excluding hydrogens is 310 g/mol. The van der Waals surface area contributed by atoms with Gasteiger partial charge in [-0.25, -0.2) is 5.01 Å². The molecule has 2 rings (SSSR count). The molecule has 6 heteroatoms. The normalized spacial score (nSPS) is 16.5. The van der Waals surface area contributed by atoms with Crippen molar-refractivity contribution < 1.29 is 9.59 Å². The van der Waals surface area contributed by atoms with Crippen LogP contribution in [0, 0.1) is 5.92 Å². The SMILES string of the molecule is CC(C)CN1N=C(C(=O)N(C)[C@H](C)Cc2ccsc2)CCC1=O. The van der Waals surface area contributed by atoms with E-state index in [4.69, 9.17) is 0 Å². The number of nitrogens with zero attached hydrogens (tertiary/aromatic N) is 3. The molecule has 0 bridgehead atoms. The van der Waals surface area contributed by atoms with Crippen LogP contribution >= 0.6 is 11.3 Å². The third-order valence-electron chi connectivity index (χ3n) is 3.98. The Labute approximate surface area is 142 Å². The fraction of sp³-hybridized carbons (Fsp3) is 0.588. The van der Waals surface area contributed by atoms with Crippen LogP contribution in [0.2, 0.25) is 0 Å². The van der Waals surface area contributed by atoms with Crippen LogP contribution in [0.3, 0.4) is 0 Å². The van der Waals surface area contributed by atoms with Crippen LogP contribution < -0.4 is 0 Å². The molecule has 0 aromatic carbocycles. The Balaban J connectivity index is 2.04. The van der Waals surface area contributed by atoms with E-state index in [2.05, 4.69) is 16.5 Å². The number of hydrogen-bond donors (Lipinski definition) is 0. The minimum Gasteiger partial charge on any atom is -0.338 e. The fourth-order valence-electron chi connectivity index (χ4n) is 2.53. The first kappa shape index (κ1) is 17.7. The summed E-state index contributed by atoms with van der Waals surface area (Å²) in [6.07, 6.45) is 1.62. The molecule has 1 aromatic heterocycles. The second-order valence-electron chi connectivity index (χ2n) is 6.52. The van der Waals surface area contributed by atoms with Gasteiger partial charge in [-0.3, -0.25) is 9.59 Å². The van der Waals surface area contributed by atoms with Crippen LogP contribution in [0.5, 0.6) is 0 Å². The van der Waals surface area contributed by atoms with Crippen molar-refractivity contribution in [3.8, 4) is 0 Å². The van der Waals surface area contributed by atoms with Crippen LogP contribution in [0.4, 0.5) is 0 Å². The molecule has 0 spiro atoms. The van der Waals surface area contributed by atoms with Gasteiger partial charge in [0.25, 0.3) is 5.91 Å². The van der Waals surface area contributed by atoms with E-state index in [0.717, 1.165) is 6.42 Å². The smallest absolute Gasteiger partial charge is 0.270 e. The Morgan fingerprint density at radius 2 is 2.13 bits per heavy atom. The summed E-state index contributed by atoms with van der Waals surface area (Å²) in [4.78, 5) is 26.3. The highest BCUT2D eigenvalue weighted by Crippen LogP contribution is 2.15. The summed E-state index contributed by atoms with van der Waals surface area (Å²) in [7, 11) is 1.81. The van der Waals surface area contributed by atoms with Crippen LogP contribution in [-0.2, 0) is 16.0 Å². The number of hydrazone groups is 1. The maximum Gasteiger partial charge on any atom is 0.270 e. The molecule has 1 aromatic rings. The molecule has 0 saturated heterocycles. The molecule has 0 fully saturated rings. The fourth-order valence-corrected chi connectivity index (χ4v) is 3.22. The molecule has 5 nitrogen and oxygen atoms in total. The van der Waals surface area contributed by atoms with Crippen molar-refractivity contribution in [3.05, 3.63) is 22.4 Å². The van der Waals surface area contributed by atoms with Crippen molar-refractivity contribution in [1.82, 2.24) is 9.91 Å². The molecule has 1 atom stereocenters. The average Bonchev–Trinajstić information content (AvgIpc) is 3.00. The second kappa shape index (κ2) is 7.73. The van der Waals surface area contributed by atoms with Crippen molar-refractivity contribution in [1.29, 1.82) is 0 Å². The second-order valence-corrected chi connectivity index (χ2v) is 7.30. The summed E-state index contributed by atoms with van der Waals surface area (Å²) in [5.41, 5.74) is 1.73. The van der Waals surface area contributed by atoms with Gasteiger partial charge in [0.15, 0.2) is 0 Å². The minimum absolute atomic E-state index is 0.00391. The van der Waals surface area contributed by atoms with Gasteiger partial charge in [-0.05, 0) is 41.7 Å². The molecule has 126 valence electrons. The number of thiophene rings is 1. The summed E-state index contributed by atoms with van der Waals surface area (Å²) >= 11 is 1.66. The Kier molecular flexibility index (Phi) is 5.93. The van der Waals surface area contributed by atoms with Crippen molar-refractivity contribution in [2.45, 2.75) is 46.1 Å². The highest BCUT2D eigenvalue weighted by Gasteiger charge is 2.28. The molecule has 0 aliphatic carbocycles. The van der Waals surface area contributed by atoms with Crippen molar-refractivity contribution in [2.75, 3.05) is 13.6 Å². The summed E-state index contributed by atoms with van der Waals surface area (Å²) in [6.45, 7) is 6.67. The van der Waals surface area contributed by atoms with E-state index >= 15 is 0 Å². The molecule has 0 N–H and O–H groups in total. The molecule has 1 aliphatic rings. The maximum absolute atomic E-state index is 12.7. The van der Waals surface area contributed by atoms with Gasteiger partial charge in [-0.1, -0.05) is 13.8 Å². The summed E-state index contributed by atoms with van der Waals surface area (Å²) in [5.74, 6) is 0.255. The van der Waals surface area contributed by atoms with Crippen molar-refractivity contribution in [3.63, 3.8) is 0 Å². The molecule has 2 amide bonds.